The second-order valence-corrected chi connectivity index (χ2v) is 6.79. The van der Waals surface area contributed by atoms with Gasteiger partial charge in [-0.2, -0.15) is 5.10 Å². The van der Waals surface area contributed by atoms with E-state index in [1.165, 1.54) is 7.11 Å². The van der Waals surface area contributed by atoms with Crippen molar-refractivity contribution in [2.75, 3.05) is 7.11 Å². The number of ether oxygens (including phenoxy) is 1. The van der Waals surface area contributed by atoms with E-state index in [4.69, 9.17) is 16.3 Å². The number of halogens is 1. The summed E-state index contributed by atoms with van der Waals surface area (Å²) in [7, 11) is 1.31. The van der Waals surface area contributed by atoms with E-state index in [-0.39, 0.29) is 5.91 Å². The third kappa shape index (κ3) is 4.38. The van der Waals surface area contributed by atoms with Gasteiger partial charge in [0.25, 0.3) is 5.91 Å². The van der Waals surface area contributed by atoms with Crippen molar-refractivity contribution in [3.05, 3.63) is 87.7 Å². The number of nitrogens with zero attached hydrogens (tertiary/aromatic N) is 2. The highest BCUT2D eigenvalue weighted by Gasteiger charge is 2.14. The van der Waals surface area contributed by atoms with E-state index in [1.807, 2.05) is 30.5 Å². The van der Waals surface area contributed by atoms with Crippen LogP contribution in [-0.4, -0.2) is 29.8 Å². The zero-order chi connectivity index (χ0) is 21.0. The van der Waals surface area contributed by atoms with Gasteiger partial charge >= 0.3 is 5.97 Å². The summed E-state index contributed by atoms with van der Waals surface area (Å²) in [5.41, 5.74) is 6.91. The molecular formula is C22H20ClN3O3. The van der Waals surface area contributed by atoms with Gasteiger partial charge in [-0.05, 0) is 50.2 Å². The topological polar surface area (TPSA) is 72.7 Å². The highest BCUT2D eigenvalue weighted by Crippen LogP contribution is 2.25. The van der Waals surface area contributed by atoms with Gasteiger partial charge in [-0.3, -0.25) is 4.79 Å². The molecule has 6 nitrogen and oxygen atoms in total. The van der Waals surface area contributed by atoms with Gasteiger partial charge < -0.3 is 9.30 Å². The minimum absolute atomic E-state index is 0.277. The molecule has 1 heterocycles. The predicted molar refractivity (Wildman–Crippen MR) is 113 cm³/mol. The molecular weight excluding hydrogens is 390 g/mol. The molecule has 1 amide bonds. The Bertz CT molecular complexity index is 1090. The first-order chi connectivity index (χ1) is 13.9. The maximum atomic E-state index is 12.1. The maximum absolute atomic E-state index is 12.1. The summed E-state index contributed by atoms with van der Waals surface area (Å²) in [6.45, 7) is 3.89. The lowest BCUT2D eigenvalue weighted by molar-refractivity contribution is 0.0601. The number of benzene rings is 2. The first kappa shape index (κ1) is 20.4. The van der Waals surface area contributed by atoms with Crippen LogP contribution in [0.25, 0.3) is 5.69 Å². The highest BCUT2D eigenvalue weighted by atomic mass is 35.5. The van der Waals surface area contributed by atoms with Crippen molar-refractivity contribution in [2.24, 2.45) is 5.10 Å². The fourth-order valence-electron chi connectivity index (χ4n) is 3.05. The number of rotatable bonds is 5. The molecule has 0 aliphatic rings. The summed E-state index contributed by atoms with van der Waals surface area (Å²) in [5.74, 6) is -0.759. The average molecular weight is 410 g/mol. The number of hydrazone groups is 1. The quantitative estimate of drug-likeness (QED) is 0.388. The minimum Gasteiger partial charge on any atom is -0.465 e. The lowest BCUT2D eigenvalue weighted by Gasteiger charge is -2.11. The Labute approximate surface area is 173 Å². The van der Waals surface area contributed by atoms with E-state index in [2.05, 4.69) is 10.5 Å². The number of hydrogen-bond acceptors (Lipinski definition) is 4. The number of nitrogens with one attached hydrogen (secondary N) is 1. The zero-order valence-corrected chi connectivity index (χ0v) is 17.0. The normalized spacial score (nSPS) is 10.9. The van der Waals surface area contributed by atoms with E-state index in [9.17, 15) is 9.59 Å². The molecule has 1 N–H and O–H groups in total. The Balaban J connectivity index is 1.83. The van der Waals surface area contributed by atoms with Gasteiger partial charge in [0.2, 0.25) is 0 Å². The summed E-state index contributed by atoms with van der Waals surface area (Å²) >= 11 is 6.25. The summed E-state index contributed by atoms with van der Waals surface area (Å²) in [4.78, 5) is 23.8. The second-order valence-electron chi connectivity index (χ2n) is 6.38. The Hall–Kier alpha value is -3.38. The van der Waals surface area contributed by atoms with E-state index in [1.54, 1.807) is 48.7 Å². The Morgan fingerprint density at radius 2 is 1.83 bits per heavy atom. The third-order valence-corrected chi connectivity index (χ3v) is 4.80. The van der Waals surface area contributed by atoms with Crippen LogP contribution < -0.4 is 5.43 Å². The van der Waals surface area contributed by atoms with Gasteiger partial charge in [0.15, 0.2) is 0 Å². The molecule has 1 aromatic heterocycles. The summed E-state index contributed by atoms with van der Waals surface area (Å²) in [6, 6.07) is 16.0. The predicted octanol–water partition coefficient (Wildman–Crippen LogP) is 4.30. The number of carbonyl (C=O) groups excluding carboxylic acids is 2. The van der Waals surface area contributed by atoms with Gasteiger partial charge in [-0.1, -0.05) is 29.8 Å². The Kier molecular flexibility index (Phi) is 6.14. The molecule has 3 aromatic rings. The van der Waals surface area contributed by atoms with Crippen LogP contribution in [0.1, 0.15) is 37.7 Å². The van der Waals surface area contributed by atoms with Gasteiger partial charge in [0, 0.05) is 28.2 Å². The summed E-state index contributed by atoms with van der Waals surface area (Å²) in [6.07, 6.45) is 1.60. The average Bonchev–Trinajstić information content (AvgIpc) is 3.01. The van der Waals surface area contributed by atoms with E-state index < -0.39 is 5.97 Å². The fourth-order valence-corrected chi connectivity index (χ4v) is 3.30. The number of esters is 1. The fraction of sp³-hybridized carbons (Fsp3) is 0.136. The molecule has 29 heavy (non-hydrogen) atoms. The van der Waals surface area contributed by atoms with Crippen molar-refractivity contribution in [3.8, 4) is 5.69 Å². The van der Waals surface area contributed by atoms with Gasteiger partial charge in [-0.15, -0.1) is 0 Å². The molecule has 3 rings (SSSR count). The molecule has 0 bridgehead atoms. The SMILES string of the molecule is COC(=O)c1ccc(-n2c(C)cc(/C=N/NC(=O)c3ccccc3)c2C)cc1Cl. The molecule has 0 fully saturated rings. The molecule has 2 aromatic carbocycles. The molecule has 0 saturated carbocycles. The minimum atomic E-state index is -0.482. The van der Waals surface area contributed by atoms with E-state index in [0.29, 0.717) is 16.1 Å². The maximum Gasteiger partial charge on any atom is 0.339 e. The number of amides is 1. The van der Waals surface area contributed by atoms with Crippen LogP contribution >= 0.6 is 11.6 Å². The van der Waals surface area contributed by atoms with Crippen molar-refractivity contribution < 1.29 is 14.3 Å². The largest absolute Gasteiger partial charge is 0.465 e. The number of aryl methyl sites for hydroxylation is 1. The van der Waals surface area contributed by atoms with Crippen molar-refractivity contribution in [3.63, 3.8) is 0 Å². The number of hydrogen-bond donors (Lipinski definition) is 1. The van der Waals surface area contributed by atoms with E-state index >= 15 is 0 Å². The van der Waals surface area contributed by atoms with Crippen molar-refractivity contribution in [1.29, 1.82) is 0 Å². The Morgan fingerprint density at radius 3 is 2.48 bits per heavy atom. The first-order valence-corrected chi connectivity index (χ1v) is 9.25. The second kappa shape index (κ2) is 8.75. The molecule has 0 aliphatic carbocycles. The number of carbonyl (C=O) groups is 2. The molecule has 0 spiro atoms. The van der Waals surface area contributed by atoms with E-state index in [0.717, 1.165) is 22.6 Å². The van der Waals surface area contributed by atoms with Gasteiger partial charge in [0.1, 0.15) is 0 Å². The van der Waals surface area contributed by atoms with Gasteiger partial charge in [-0.25, -0.2) is 10.2 Å². The Morgan fingerprint density at radius 1 is 1.10 bits per heavy atom. The summed E-state index contributed by atoms with van der Waals surface area (Å²) in [5, 5.41) is 4.38. The van der Waals surface area contributed by atoms with Crippen LogP contribution in [0.2, 0.25) is 5.02 Å². The molecule has 0 atom stereocenters. The van der Waals surface area contributed by atoms with Crippen molar-refractivity contribution >= 4 is 29.7 Å². The number of methoxy groups -OCH3 is 1. The molecule has 0 aliphatic heterocycles. The van der Waals surface area contributed by atoms with Crippen LogP contribution in [0.15, 0.2) is 59.7 Å². The van der Waals surface area contributed by atoms with Crippen LogP contribution in [0.3, 0.4) is 0 Å². The molecule has 0 saturated heterocycles. The molecule has 0 unspecified atom stereocenters. The van der Waals surface area contributed by atoms with Crippen molar-refractivity contribution in [1.82, 2.24) is 9.99 Å². The molecule has 7 heteroatoms. The molecule has 148 valence electrons. The highest BCUT2D eigenvalue weighted by molar-refractivity contribution is 6.33. The monoisotopic (exact) mass is 409 g/mol. The smallest absolute Gasteiger partial charge is 0.339 e. The van der Waals surface area contributed by atoms with Crippen LogP contribution in [-0.2, 0) is 4.74 Å². The lowest BCUT2D eigenvalue weighted by Crippen LogP contribution is -2.17. The summed E-state index contributed by atoms with van der Waals surface area (Å²) < 4.78 is 6.72. The number of aromatic nitrogens is 1. The standard InChI is InChI=1S/C22H20ClN3O3/c1-14-11-17(13-24-25-21(27)16-7-5-4-6-8-16)15(2)26(14)18-9-10-19(20(23)12-18)22(28)29-3/h4-13H,1-3H3,(H,25,27)/b24-13+. The van der Waals surface area contributed by atoms with Crippen LogP contribution in [0.4, 0.5) is 0 Å². The van der Waals surface area contributed by atoms with Crippen molar-refractivity contribution in [2.45, 2.75) is 13.8 Å². The van der Waals surface area contributed by atoms with Gasteiger partial charge in [0.05, 0.1) is 23.9 Å². The molecule has 0 radical (unpaired) electrons. The lowest BCUT2D eigenvalue weighted by atomic mass is 10.2. The zero-order valence-electron chi connectivity index (χ0n) is 16.3. The first-order valence-electron chi connectivity index (χ1n) is 8.88. The van der Waals surface area contributed by atoms with Crippen LogP contribution in [0, 0.1) is 13.8 Å². The van der Waals surface area contributed by atoms with Crippen LogP contribution in [0.5, 0.6) is 0 Å². The third-order valence-electron chi connectivity index (χ3n) is 4.49.